The van der Waals surface area contributed by atoms with Crippen LogP contribution in [-0.4, -0.2) is 60.1 Å². The van der Waals surface area contributed by atoms with E-state index in [-0.39, 0.29) is 53.3 Å². The Labute approximate surface area is 252 Å². The minimum atomic E-state index is -5.17. The Morgan fingerprint density at radius 3 is 2.07 bits per heavy atom. The van der Waals surface area contributed by atoms with Crippen LogP contribution in [0, 0.1) is 57.7 Å². The summed E-state index contributed by atoms with van der Waals surface area (Å²) in [6.45, 7) is 13.0. The average Bonchev–Trinajstić information content (AvgIpc) is 3.40. The van der Waals surface area contributed by atoms with Crippen molar-refractivity contribution in [2.45, 2.75) is 130 Å². The quantitative estimate of drug-likeness (QED) is 0.277. The molecule has 0 saturated heterocycles. The van der Waals surface area contributed by atoms with E-state index >= 15 is 0 Å². The highest BCUT2D eigenvalue weighted by Gasteiger charge is 2.66. The third-order valence-corrected chi connectivity index (χ3v) is 14.5. The molecule has 5 aliphatic rings. The highest BCUT2D eigenvalue weighted by molar-refractivity contribution is 7.81. The number of hydrogen-bond donors (Lipinski definition) is 2. The molecule has 10 nitrogen and oxygen atoms in total. The van der Waals surface area contributed by atoms with Gasteiger partial charge in [-0.25, -0.2) is 16.8 Å². The summed E-state index contributed by atoms with van der Waals surface area (Å²) in [4.78, 5) is 0. The van der Waals surface area contributed by atoms with Crippen molar-refractivity contribution in [3.8, 4) is 0 Å². The molecule has 5 aliphatic carbocycles. The van der Waals surface area contributed by atoms with Gasteiger partial charge in [-0.05, 0) is 123 Å². The van der Waals surface area contributed by atoms with Crippen molar-refractivity contribution in [3.63, 3.8) is 0 Å². The number of aliphatic hydroxyl groups excluding tert-OH is 1. The lowest BCUT2D eigenvalue weighted by Crippen LogP contribution is -2.58. The molecule has 2 N–H and O–H groups in total. The Kier molecular flexibility index (Phi) is 8.34. The lowest BCUT2D eigenvalue weighted by molar-refractivity contribution is -0.164. The Balaban J connectivity index is 1.37. The maximum Gasteiger partial charge on any atom is 0.217 e. The van der Waals surface area contributed by atoms with Gasteiger partial charge in [-0.1, -0.05) is 34.6 Å². The summed E-state index contributed by atoms with van der Waals surface area (Å²) in [6.07, 6.45) is 3.42. The maximum absolute atomic E-state index is 12.0. The first-order valence-electron chi connectivity index (χ1n) is 15.8. The van der Waals surface area contributed by atoms with Crippen molar-refractivity contribution in [1.82, 2.24) is 0 Å². The predicted molar refractivity (Wildman–Crippen MR) is 152 cm³/mol. The summed E-state index contributed by atoms with van der Waals surface area (Å²) in [6, 6.07) is 0. The van der Waals surface area contributed by atoms with Gasteiger partial charge in [0.2, 0.25) is 20.8 Å². The summed E-state index contributed by atoms with van der Waals surface area (Å²) < 4.78 is 78.6. The molecule has 3 unspecified atom stereocenters. The van der Waals surface area contributed by atoms with E-state index in [0.29, 0.717) is 24.7 Å². The number of fused-ring (bicyclic) bond motifs is 5. The highest BCUT2D eigenvalue weighted by Crippen LogP contribution is 2.69. The van der Waals surface area contributed by atoms with Gasteiger partial charge in [-0.2, -0.15) is 0 Å². The minimum Gasteiger partial charge on any atom is -0.726 e. The summed E-state index contributed by atoms with van der Waals surface area (Å²) in [7, 11) is -10.3. The molecule has 244 valence electrons. The summed E-state index contributed by atoms with van der Waals surface area (Å²) in [5, 5.41) is 23.5. The average molecular weight is 635 g/mol. The zero-order valence-electron chi connectivity index (χ0n) is 25.8. The van der Waals surface area contributed by atoms with Crippen LogP contribution in [0.3, 0.4) is 0 Å². The molecule has 42 heavy (non-hydrogen) atoms. The molecule has 0 aromatic heterocycles. The van der Waals surface area contributed by atoms with Crippen molar-refractivity contribution in [1.29, 1.82) is 0 Å². The number of aliphatic hydroxyl groups is 2. The highest BCUT2D eigenvalue weighted by atomic mass is 32.3. The molecule has 0 aromatic carbocycles. The fraction of sp³-hybridized carbons (Fsp3) is 1.00. The van der Waals surface area contributed by atoms with Gasteiger partial charge in [-0.15, -0.1) is 0 Å². The second-order valence-electron chi connectivity index (χ2n) is 15.9. The third-order valence-electron chi connectivity index (χ3n) is 13.6. The summed E-state index contributed by atoms with van der Waals surface area (Å²) >= 11 is 0. The monoisotopic (exact) mass is 634 g/mol. The molecule has 5 rings (SSSR count). The number of rotatable bonds is 9. The van der Waals surface area contributed by atoms with Crippen molar-refractivity contribution >= 4 is 20.8 Å². The molecule has 13 atom stereocenters. The molecule has 0 aliphatic heterocycles. The van der Waals surface area contributed by atoms with Crippen molar-refractivity contribution in [2.75, 3.05) is 0 Å². The van der Waals surface area contributed by atoms with Crippen LogP contribution in [0.4, 0.5) is 0 Å². The van der Waals surface area contributed by atoms with E-state index in [0.717, 1.165) is 32.1 Å². The third kappa shape index (κ3) is 5.74. The van der Waals surface area contributed by atoms with E-state index in [9.17, 15) is 36.2 Å². The van der Waals surface area contributed by atoms with E-state index in [2.05, 4.69) is 34.6 Å². The van der Waals surface area contributed by atoms with Crippen molar-refractivity contribution in [3.05, 3.63) is 0 Å². The van der Waals surface area contributed by atoms with Crippen LogP contribution in [-0.2, 0) is 29.2 Å². The first kappa shape index (κ1) is 33.0. The molecule has 12 heteroatoms. The number of hydrogen-bond acceptors (Lipinski definition) is 10. The Hall–Kier alpha value is -0.340. The van der Waals surface area contributed by atoms with Gasteiger partial charge in [0.25, 0.3) is 0 Å². The molecular formula is C30H50O10S2-2. The fourth-order valence-electron chi connectivity index (χ4n) is 11.5. The van der Waals surface area contributed by atoms with Gasteiger partial charge >= 0.3 is 0 Å². The largest absolute Gasteiger partial charge is 0.726 e. The first-order chi connectivity index (χ1) is 19.1. The lowest BCUT2D eigenvalue weighted by atomic mass is 9.44. The standard InChI is InChI=1S/C30H52O10S2/c1-17(2)30(15-18(30)3)12-11-29(6,32)26-23(31)14-22-20-8-7-19-13-24(39-41(33,34)35)25(40-42(36,37)38)16-28(19,5)21(20)9-10-27(22,26)4/h17-26,31-32H,7-16H2,1-6H3,(H,33,34,35)(H,36,37,38)/p-2/t18?,19-,20+,21-,22-,23-,24-,25-,26-,27-,28-,29?,30?/m0/s1. The Morgan fingerprint density at radius 1 is 0.929 bits per heavy atom. The first-order valence-corrected chi connectivity index (χ1v) is 18.5. The molecule has 5 fully saturated rings. The van der Waals surface area contributed by atoms with Crippen LogP contribution >= 0.6 is 0 Å². The fourth-order valence-corrected chi connectivity index (χ4v) is 12.5. The molecule has 0 amide bonds. The van der Waals surface area contributed by atoms with Gasteiger partial charge in [0.15, 0.2) is 0 Å². The van der Waals surface area contributed by atoms with Crippen LogP contribution in [0.25, 0.3) is 0 Å². The Morgan fingerprint density at radius 2 is 1.52 bits per heavy atom. The smallest absolute Gasteiger partial charge is 0.217 e. The summed E-state index contributed by atoms with van der Waals surface area (Å²) in [5.41, 5.74) is -1.48. The van der Waals surface area contributed by atoms with E-state index < -0.39 is 50.1 Å². The maximum atomic E-state index is 12.0. The molecule has 0 radical (unpaired) electrons. The van der Waals surface area contributed by atoms with Gasteiger partial charge in [0, 0.05) is 5.92 Å². The van der Waals surface area contributed by atoms with Crippen LogP contribution in [0.2, 0.25) is 0 Å². The minimum absolute atomic E-state index is 0.0398. The summed E-state index contributed by atoms with van der Waals surface area (Å²) in [5.74, 6) is 1.41. The topological polar surface area (TPSA) is 173 Å². The molecular weight excluding hydrogens is 584 g/mol. The second kappa shape index (κ2) is 10.6. The second-order valence-corrected chi connectivity index (χ2v) is 17.9. The van der Waals surface area contributed by atoms with Gasteiger partial charge in [-0.3, -0.25) is 8.37 Å². The van der Waals surface area contributed by atoms with Gasteiger partial charge in [0.1, 0.15) is 12.2 Å². The van der Waals surface area contributed by atoms with Crippen LogP contribution in [0.15, 0.2) is 0 Å². The van der Waals surface area contributed by atoms with Gasteiger partial charge in [0.05, 0.1) is 11.7 Å². The van der Waals surface area contributed by atoms with Crippen LogP contribution in [0.5, 0.6) is 0 Å². The van der Waals surface area contributed by atoms with E-state index in [1.165, 1.54) is 6.42 Å². The van der Waals surface area contributed by atoms with Crippen molar-refractivity contribution in [2.24, 2.45) is 57.7 Å². The molecule has 5 saturated carbocycles. The zero-order chi connectivity index (χ0) is 31.3. The van der Waals surface area contributed by atoms with Crippen molar-refractivity contribution < 1.29 is 44.5 Å². The predicted octanol–water partition coefficient (Wildman–Crippen LogP) is 4.13. The van der Waals surface area contributed by atoms with E-state index in [1.807, 2.05) is 6.92 Å². The van der Waals surface area contributed by atoms with Crippen LogP contribution < -0.4 is 0 Å². The lowest BCUT2D eigenvalue weighted by Gasteiger charge is -2.62. The normalized spacial score (nSPS) is 48.7. The van der Waals surface area contributed by atoms with E-state index in [4.69, 9.17) is 8.37 Å². The molecule has 0 spiro atoms. The molecule has 0 bridgehead atoms. The van der Waals surface area contributed by atoms with Crippen LogP contribution in [0.1, 0.15) is 106 Å². The van der Waals surface area contributed by atoms with E-state index in [1.54, 1.807) is 0 Å². The SMILES string of the molecule is CC(C)C1(CCC(C)(O)[C@H]2[C@@H](O)C[C@H]3[C@@H]4CC[C@H]5C[C@H](OS(=O)(=O)[O-])[C@@H](OS(=O)(=O)[O-])C[C@]5(C)[C@H]4CC[C@]23C)CC1C. The Bertz CT molecular complexity index is 1250. The molecule has 0 aromatic rings. The molecule has 0 heterocycles. The zero-order valence-corrected chi connectivity index (χ0v) is 27.5. The van der Waals surface area contributed by atoms with Gasteiger partial charge < -0.3 is 19.3 Å².